The van der Waals surface area contributed by atoms with Gasteiger partial charge in [-0.25, -0.2) is 0 Å². The van der Waals surface area contributed by atoms with Gasteiger partial charge >= 0.3 is 0 Å². The Hall–Kier alpha value is -3.20. The first-order chi connectivity index (χ1) is 13.8. The topological polar surface area (TPSA) is 89.9 Å². The number of rotatable bonds is 4. The highest BCUT2D eigenvalue weighted by atomic mass is 15.4. The molecule has 5 heterocycles. The molecule has 0 atom stereocenters. The molecule has 1 aliphatic heterocycles. The van der Waals surface area contributed by atoms with E-state index < -0.39 is 0 Å². The normalized spacial score (nSPS) is 16.0. The van der Waals surface area contributed by atoms with Gasteiger partial charge < -0.3 is 0 Å². The van der Waals surface area contributed by atoms with Crippen LogP contribution in [0.5, 0.6) is 0 Å². The van der Waals surface area contributed by atoms with E-state index in [0.29, 0.717) is 5.92 Å². The van der Waals surface area contributed by atoms with Crippen molar-refractivity contribution in [3.63, 3.8) is 0 Å². The van der Waals surface area contributed by atoms with Crippen LogP contribution >= 0.6 is 0 Å². The maximum Gasteiger partial charge on any atom is 0.177 e. The molecular formula is C19H21N9. The molecule has 4 aromatic rings. The second-order valence-corrected chi connectivity index (χ2v) is 7.19. The first-order valence-corrected chi connectivity index (χ1v) is 9.46. The lowest BCUT2D eigenvalue weighted by molar-refractivity contribution is 0.196. The monoisotopic (exact) mass is 375 g/mol. The average molecular weight is 375 g/mol. The summed E-state index contributed by atoms with van der Waals surface area (Å²) in [5.74, 6) is 1.30. The van der Waals surface area contributed by atoms with Crippen LogP contribution in [0.1, 0.15) is 30.3 Å². The molecule has 0 radical (unpaired) electrons. The number of aromatic nitrogens is 8. The predicted molar refractivity (Wildman–Crippen MR) is 102 cm³/mol. The van der Waals surface area contributed by atoms with Crippen molar-refractivity contribution >= 4 is 5.65 Å². The Morgan fingerprint density at radius 2 is 1.96 bits per heavy atom. The average Bonchev–Trinajstić information content (AvgIpc) is 3.35. The van der Waals surface area contributed by atoms with Gasteiger partial charge in [-0.05, 0) is 50.2 Å². The molecule has 0 amide bonds. The van der Waals surface area contributed by atoms with E-state index in [1.54, 1.807) is 6.20 Å². The van der Waals surface area contributed by atoms with Gasteiger partial charge in [0.05, 0.1) is 17.6 Å². The van der Waals surface area contributed by atoms with E-state index in [4.69, 9.17) is 5.10 Å². The van der Waals surface area contributed by atoms with Crippen LogP contribution < -0.4 is 0 Å². The molecule has 0 N–H and O–H groups in total. The summed E-state index contributed by atoms with van der Waals surface area (Å²) in [6.45, 7) is 2.89. The quantitative estimate of drug-likeness (QED) is 0.536. The summed E-state index contributed by atoms with van der Waals surface area (Å²) in [7, 11) is 1.93. The molecule has 0 aliphatic carbocycles. The second-order valence-electron chi connectivity index (χ2n) is 7.19. The summed E-state index contributed by atoms with van der Waals surface area (Å²) in [5.41, 5.74) is 3.78. The van der Waals surface area contributed by atoms with Crippen LogP contribution in [0.15, 0.2) is 42.9 Å². The van der Waals surface area contributed by atoms with Crippen LogP contribution in [0.4, 0.5) is 0 Å². The minimum absolute atomic E-state index is 0.354. The van der Waals surface area contributed by atoms with Gasteiger partial charge in [-0.3, -0.25) is 14.6 Å². The zero-order valence-corrected chi connectivity index (χ0v) is 15.7. The molecule has 0 aromatic carbocycles. The molecule has 1 aliphatic rings. The smallest absolute Gasteiger partial charge is 0.177 e. The van der Waals surface area contributed by atoms with Crippen molar-refractivity contribution in [3.05, 3.63) is 54.4 Å². The highest BCUT2D eigenvalue weighted by Gasteiger charge is 2.25. The van der Waals surface area contributed by atoms with Gasteiger partial charge in [0.25, 0.3) is 0 Å². The lowest BCUT2D eigenvalue weighted by Gasteiger charge is -2.30. The summed E-state index contributed by atoms with van der Waals surface area (Å²) in [6, 6.07) is 7.87. The summed E-state index contributed by atoms with van der Waals surface area (Å²) in [5, 5.41) is 21.5. The number of fused-ring (bicyclic) bond motifs is 1. The van der Waals surface area contributed by atoms with Crippen LogP contribution in [0.2, 0.25) is 0 Å². The van der Waals surface area contributed by atoms with Gasteiger partial charge in [-0.2, -0.15) is 9.61 Å². The van der Waals surface area contributed by atoms with Crippen LogP contribution in [0.25, 0.3) is 16.9 Å². The molecule has 0 spiro atoms. The third-order valence-corrected chi connectivity index (χ3v) is 5.39. The lowest BCUT2D eigenvalue weighted by atomic mass is 9.96. The number of pyridine rings is 1. The maximum absolute atomic E-state index is 4.79. The fraction of sp³-hybridized carbons (Fsp3) is 0.368. The number of nitrogens with zero attached hydrogens (tertiary/aromatic N) is 9. The molecule has 5 rings (SSSR count). The Balaban J connectivity index is 1.35. The van der Waals surface area contributed by atoms with E-state index in [0.717, 1.165) is 60.9 Å². The Labute approximate surface area is 162 Å². The number of aryl methyl sites for hydroxylation is 1. The van der Waals surface area contributed by atoms with Crippen molar-refractivity contribution in [2.75, 3.05) is 13.1 Å². The van der Waals surface area contributed by atoms with Gasteiger partial charge in [0.15, 0.2) is 11.5 Å². The number of piperidine rings is 1. The zero-order valence-electron chi connectivity index (χ0n) is 15.7. The fourth-order valence-electron chi connectivity index (χ4n) is 3.76. The van der Waals surface area contributed by atoms with Crippen molar-refractivity contribution in [3.8, 4) is 11.3 Å². The molecule has 0 unspecified atom stereocenters. The second kappa shape index (κ2) is 7.08. The summed E-state index contributed by atoms with van der Waals surface area (Å²) in [4.78, 5) is 6.63. The van der Waals surface area contributed by atoms with Crippen molar-refractivity contribution < 1.29 is 0 Å². The molecule has 0 saturated carbocycles. The highest BCUT2D eigenvalue weighted by molar-refractivity contribution is 5.58. The van der Waals surface area contributed by atoms with Crippen molar-refractivity contribution in [1.29, 1.82) is 0 Å². The standard InChI is InChI=1S/C19H21N9/c1-26-16(12-21-25-26)13-27-9-6-14(7-10-27)19-23-22-18-5-4-17(24-28(18)19)15-3-2-8-20-11-15/h2-5,8,11-12,14H,6-7,9-10,13H2,1H3. The molecule has 4 aromatic heterocycles. The summed E-state index contributed by atoms with van der Waals surface area (Å²) in [6.07, 6.45) is 7.49. The maximum atomic E-state index is 4.79. The van der Waals surface area contributed by atoms with E-state index in [9.17, 15) is 0 Å². The Morgan fingerprint density at radius 3 is 2.71 bits per heavy atom. The Morgan fingerprint density at radius 1 is 1.07 bits per heavy atom. The number of likely N-dealkylation sites (tertiary alicyclic amines) is 1. The molecule has 9 nitrogen and oxygen atoms in total. The molecule has 28 heavy (non-hydrogen) atoms. The minimum Gasteiger partial charge on any atom is -0.297 e. The molecule has 1 saturated heterocycles. The van der Waals surface area contributed by atoms with E-state index in [2.05, 4.69) is 30.4 Å². The fourth-order valence-corrected chi connectivity index (χ4v) is 3.76. The third-order valence-electron chi connectivity index (χ3n) is 5.39. The molecule has 142 valence electrons. The van der Waals surface area contributed by atoms with Gasteiger partial charge in [-0.1, -0.05) is 5.21 Å². The van der Waals surface area contributed by atoms with Gasteiger partial charge in [0.2, 0.25) is 0 Å². The number of hydrogen-bond acceptors (Lipinski definition) is 7. The van der Waals surface area contributed by atoms with E-state index in [1.807, 2.05) is 52.9 Å². The predicted octanol–water partition coefficient (Wildman–Crippen LogP) is 1.69. The van der Waals surface area contributed by atoms with Crippen LogP contribution in [-0.4, -0.2) is 57.8 Å². The van der Waals surface area contributed by atoms with E-state index >= 15 is 0 Å². The molecule has 1 fully saturated rings. The summed E-state index contributed by atoms with van der Waals surface area (Å²) < 4.78 is 3.73. The van der Waals surface area contributed by atoms with Gasteiger partial charge in [0.1, 0.15) is 0 Å². The van der Waals surface area contributed by atoms with Crippen LogP contribution in [-0.2, 0) is 13.6 Å². The third kappa shape index (κ3) is 3.13. The summed E-state index contributed by atoms with van der Waals surface area (Å²) >= 11 is 0. The zero-order chi connectivity index (χ0) is 18.9. The molecule has 9 heteroatoms. The SMILES string of the molecule is Cn1nncc1CN1CCC(c2nnc3ccc(-c4cccnc4)nn23)CC1. The first kappa shape index (κ1) is 16.9. The van der Waals surface area contributed by atoms with E-state index in [1.165, 1.54) is 0 Å². The van der Waals surface area contributed by atoms with Crippen LogP contribution in [0.3, 0.4) is 0 Å². The molecular weight excluding hydrogens is 354 g/mol. The highest BCUT2D eigenvalue weighted by Crippen LogP contribution is 2.28. The number of hydrogen-bond donors (Lipinski definition) is 0. The van der Waals surface area contributed by atoms with Crippen molar-refractivity contribution in [1.82, 2.24) is 44.7 Å². The largest absolute Gasteiger partial charge is 0.297 e. The van der Waals surface area contributed by atoms with Gasteiger partial charge in [-0.15, -0.1) is 15.3 Å². The van der Waals surface area contributed by atoms with Crippen LogP contribution in [0, 0.1) is 0 Å². The van der Waals surface area contributed by atoms with Crippen molar-refractivity contribution in [2.45, 2.75) is 25.3 Å². The lowest BCUT2D eigenvalue weighted by Crippen LogP contribution is -2.33. The minimum atomic E-state index is 0.354. The first-order valence-electron chi connectivity index (χ1n) is 9.46. The van der Waals surface area contributed by atoms with E-state index in [-0.39, 0.29) is 0 Å². The van der Waals surface area contributed by atoms with Gasteiger partial charge in [0, 0.05) is 37.5 Å². The Kier molecular flexibility index (Phi) is 4.28. The molecule has 0 bridgehead atoms. The Bertz CT molecular complexity index is 1080. The van der Waals surface area contributed by atoms with Crippen molar-refractivity contribution in [2.24, 2.45) is 7.05 Å².